The molecule has 2 aliphatic rings. The number of amides is 1. The maximum Gasteiger partial charge on any atom is 0.410 e. The summed E-state index contributed by atoms with van der Waals surface area (Å²) in [5, 5.41) is 0.767. The highest BCUT2D eigenvalue weighted by molar-refractivity contribution is 6.42. The van der Waals surface area contributed by atoms with Crippen LogP contribution in [-0.2, 0) is 4.74 Å². The summed E-state index contributed by atoms with van der Waals surface area (Å²) in [6, 6.07) is 4.97. The Bertz CT molecular complexity index is 870. The molecule has 1 atom stereocenters. The third-order valence-corrected chi connectivity index (χ3v) is 6.02. The Morgan fingerprint density at radius 3 is 2.42 bits per heavy atom. The van der Waals surface area contributed by atoms with E-state index in [9.17, 15) is 9.59 Å². The van der Waals surface area contributed by atoms with Crippen molar-refractivity contribution in [2.24, 2.45) is 5.41 Å². The lowest BCUT2D eigenvalue weighted by Crippen LogP contribution is -2.39. The first kappa shape index (κ1) is 25.5. The van der Waals surface area contributed by atoms with E-state index in [-0.39, 0.29) is 11.9 Å². The van der Waals surface area contributed by atoms with Crippen molar-refractivity contribution < 1.29 is 14.3 Å². The van der Waals surface area contributed by atoms with Crippen LogP contribution in [0.15, 0.2) is 42.0 Å². The maximum atomic E-state index is 13.6. The average molecular weight is 466 g/mol. The molecular weight excluding hydrogens is 433 g/mol. The van der Waals surface area contributed by atoms with Gasteiger partial charge in [0, 0.05) is 18.7 Å². The van der Waals surface area contributed by atoms with Crippen LogP contribution in [0.3, 0.4) is 0 Å². The predicted octanol–water partition coefficient (Wildman–Crippen LogP) is 7.50. The van der Waals surface area contributed by atoms with E-state index in [4.69, 9.17) is 27.9 Å². The highest BCUT2D eigenvalue weighted by Crippen LogP contribution is 2.42. The molecule has 0 aromatic heterocycles. The van der Waals surface area contributed by atoms with Crippen LogP contribution in [-0.4, -0.2) is 35.5 Å². The zero-order chi connectivity index (χ0) is 23.2. The highest BCUT2D eigenvalue weighted by atomic mass is 35.5. The first-order chi connectivity index (χ1) is 14.6. The number of nitrogens with zero attached hydrogens (tertiary/aromatic N) is 1. The Morgan fingerprint density at radius 1 is 1.13 bits per heavy atom. The molecule has 1 unspecified atom stereocenters. The van der Waals surface area contributed by atoms with Crippen molar-refractivity contribution in [3.63, 3.8) is 0 Å². The SMILES string of the molecule is CC.CC(C)(C)OC(=O)N1CCC(CC2=CCCC=C2)(C(=O)c2ccc(Cl)c(Cl)c2)C1. The topological polar surface area (TPSA) is 46.6 Å². The van der Waals surface area contributed by atoms with Crippen molar-refractivity contribution >= 4 is 35.1 Å². The van der Waals surface area contributed by atoms with E-state index in [1.807, 2.05) is 34.6 Å². The van der Waals surface area contributed by atoms with Gasteiger partial charge in [0.2, 0.25) is 0 Å². The van der Waals surface area contributed by atoms with E-state index in [1.165, 1.54) is 0 Å². The van der Waals surface area contributed by atoms with Crippen LogP contribution in [0.25, 0.3) is 0 Å². The molecule has 1 fully saturated rings. The molecule has 0 saturated carbocycles. The summed E-state index contributed by atoms with van der Waals surface area (Å²) in [4.78, 5) is 27.9. The van der Waals surface area contributed by atoms with Crippen LogP contribution in [0.4, 0.5) is 4.79 Å². The van der Waals surface area contributed by atoms with Crippen LogP contribution in [0, 0.1) is 5.41 Å². The largest absolute Gasteiger partial charge is 0.444 e. The molecule has 1 aromatic rings. The zero-order valence-electron chi connectivity index (χ0n) is 19.1. The molecule has 1 aliphatic heterocycles. The first-order valence-electron chi connectivity index (χ1n) is 10.9. The molecule has 6 heteroatoms. The van der Waals surface area contributed by atoms with E-state index < -0.39 is 11.0 Å². The van der Waals surface area contributed by atoms with Gasteiger partial charge in [-0.1, -0.05) is 60.9 Å². The van der Waals surface area contributed by atoms with Gasteiger partial charge in [-0.15, -0.1) is 0 Å². The molecule has 170 valence electrons. The minimum atomic E-state index is -0.707. The van der Waals surface area contributed by atoms with Crippen LogP contribution >= 0.6 is 23.2 Å². The molecule has 0 spiro atoms. The van der Waals surface area contributed by atoms with Crippen LogP contribution < -0.4 is 0 Å². The summed E-state index contributed by atoms with van der Waals surface area (Å²) >= 11 is 12.2. The smallest absolute Gasteiger partial charge is 0.410 e. The summed E-state index contributed by atoms with van der Waals surface area (Å²) in [7, 11) is 0. The van der Waals surface area contributed by atoms with Gasteiger partial charge in [-0.3, -0.25) is 4.79 Å². The average Bonchev–Trinajstić information content (AvgIpc) is 3.16. The van der Waals surface area contributed by atoms with E-state index >= 15 is 0 Å². The van der Waals surface area contributed by atoms with Crippen LogP contribution in [0.5, 0.6) is 0 Å². The molecule has 4 nitrogen and oxygen atoms in total. The Labute approximate surface area is 196 Å². The van der Waals surface area contributed by atoms with Crippen molar-refractivity contribution in [1.82, 2.24) is 4.90 Å². The Morgan fingerprint density at radius 2 is 1.84 bits per heavy atom. The summed E-state index contributed by atoms with van der Waals surface area (Å²) in [6.45, 7) is 10.3. The molecule has 3 rings (SSSR count). The second-order valence-corrected chi connectivity index (χ2v) is 9.64. The van der Waals surface area contributed by atoms with Crippen molar-refractivity contribution in [2.75, 3.05) is 13.1 Å². The number of benzene rings is 1. The molecule has 31 heavy (non-hydrogen) atoms. The van der Waals surface area contributed by atoms with Gasteiger partial charge in [-0.25, -0.2) is 4.79 Å². The number of carbonyl (C=O) groups is 2. The standard InChI is InChI=1S/C23H27Cl2NO3.C2H6/c1-22(2,3)29-21(28)26-12-11-23(15-26,14-16-7-5-4-6-8-16)20(27)17-9-10-18(24)19(25)13-17;1-2/h5,7-10,13H,4,6,11-12,14-15H2,1-3H3;1-2H3. The zero-order valence-corrected chi connectivity index (χ0v) is 20.6. The van der Waals surface area contributed by atoms with Gasteiger partial charge in [0.15, 0.2) is 5.78 Å². The number of ketones is 1. The van der Waals surface area contributed by atoms with Gasteiger partial charge in [0.1, 0.15) is 5.60 Å². The van der Waals surface area contributed by atoms with Gasteiger partial charge in [-0.2, -0.15) is 0 Å². The molecule has 1 saturated heterocycles. The van der Waals surface area contributed by atoms with Gasteiger partial charge in [-0.05, 0) is 64.7 Å². The number of rotatable bonds is 4. The van der Waals surface area contributed by atoms with E-state index in [2.05, 4.69) is 18.2 Å². The lowest BCUT2D eigenvalue weighted by Gasteiger charge is -2.30. The summed E-state index contributed by atoms with van der Waals surface area (Å²) < 4.78 is 5.53. The lowest BCUT2D eigenvalue weighted by atomic mass is 9.74. The van der Waals surface area contributed by atoms with Gasteiger partial charge < -0.3 is 9.64 Å². The minimum Gasteiger partial charge on any atom is -0.444 e. The fraction of sp³-hybridized carbons (Fsp3) is 0.520. The number of allylic oxidation sites excluding steroid dienone is 4. The molecule has 1 amide bonds. The normalized spacial score (nSPS) is 20.6. The molecule has 1 aromatic carbocycles. The van der Waals surface area contributed by atoms with Crippen LogP contribution in [0.2, 0.25) is 10.0 Å². The summed E-state index contributed by atoms with van der Waals surface area (Å²) in [5.41, 5.74) is 0.369. The van der Waals surface area contributed by atoms with E-state index in [0.717, 1.165) is 18.4 Å². The second kappa shape index (κ2) is 10.7. The highest BCUT2D eigenvalue weighted by Gasteiger charge is 2.47. The van der Waals surface area contributed by atoms with Crippen molar-refractivity contribution in [3.8, 4) is 0 Å². The van der Waals surface area contributed by atoms with Gasteiger partial charge >= 0.3 is 6.09 Å². The number of carbonyl (C=O) groups excluding carboxylic acids is 2. The fourth-order valence-corrected chi connectivity index (χ4v) is 4.20. The number of Topliss-reactive ketones (excluding diaryl/α,β-unsaturated/α-hetero) is 1. The van der Waals surface area contributed by atoms with Crippen molar-refractivity contribution in [3.05, 3.63) is 57.6 Å². The summed E-state index contributed by atoms with van der Waals surface area (Å²) in [5.74, 6) is -0.0120. The third kappa shape index (κ3) is 6.60. The quantitative estimate of drug-likeness (QED) is 0.432. The molecule has 0 radical (unpaired) electrons. The lowest BCUT2D eigenvalue weighted by molar-refractivity contribution is 0.0274. The number of halogens is 2. The number of ether oxygens (including phenoxy) is 1. The van der Waals surface area contributed by atoms with Crippen LogP contribution in [0.1, 0.15) is 70.7 Å². The van der Waals surface area contributed by atoms with E-state index in [1.54, 1.807) is 23.1 Å². The minimum absolute atomic E-state index is 0.0120. The number of hydrogen-bond acceptors (Lipinski definition) is 3. The second-order valence-electron chi connectivity index (χ2n) is 8.83. The molecule has 0 bridgehead atoms. The Kier molecular flexibility index (Phi) is 8.79. The maximum absolute atomic E-state index is 13.6. The molecule has 0 N–H and O–H groups in total. The monoisotopic (exact) mass is 465 g/mol. The number of hydrogen-bond donors (Lipinski definition) is 0. The van der Waals surface area contributed by atoms with Crippen molar-refractivity contribution in [2.45, 2.75) is 65.9 Å². The Balaban J connectivity index is 0.00000166. The summed E-state index contributed by atoms with van der Waals surface area (Å²) in [6.07, 6.45) is 9.17. The first-order valence-corrected chi connectivity index (χ1v) is 11.7. The van der Waals surface area contributed by atoms with Gasteiger partial charge in [0.25, 0.3) is 0 Å². The molecular formula is C25H33Cl2NO3. The molecule has 1 aliphatic carbocycles. The predicted molar refractivity (Wildman–Crippen MR) is 128 cm³/mol. The number of likely N-dealkylation sites (tertiary alicyclic amines) is 1. The fourth-order valence-electron chi connectivity index (χ4n) is 3.90. The molecule has 1 heterocycles. The third-order valence-electron chi connectivity index (χ3n) is 5.28. The van der Waals surface area contributed by atoms with Gasteiger partial charge in [0.05, 0.1) is 15.5 Å². The Hall–Kier alpha value is -1.78. The van der Waals surface area contributed by atoms with Crippen molar-refractivity contribution in [1.29, 1.82) is 0 Å². The van der Waals surface area contributed by atoms with E-state index in [0.29, 0.717) is 41.5 Å².